The molecule has 0 unspecified atom stereocenters. The average Bonchev–Trinajstić information content (AvgIpc) is 2.41. The standard InChI is InChI=1S/C12H17F2N3O3S/c1-3-4-17(7-12(18)16-2)21(19,20)11-6-10(15)8(13)5-9(11)14/h5-6H,3-4,7,15H2,1-2H3,(H,16,18). The number of carbonyl (C=O) groups is 1. The summed E-state index contributed by atoms with van der Waals surface area (Å²) in [6.45, 7) is 1.28. The van der Waals surface area contributed by atoms with Crippen molar-refractivity contribution in [1.29, 1.82) is 0 Å². The van der Waals surface area contributed by atoms with E-state index in [0.29, 0.717) is 18.6 Å². The lowest BCUT2D eigenvalue weighted by molar-refractivity contribution is -0.120. The molecular weight excluding hydrogens is 304 g/mol. The van der Waals surface area contributed by atoms with Crippen LogP contribution < -0.4 is 11.1 Å². The first-order chi connectivity index (χ1) is 9.73. The van der Waals surface area contributed by atoms with Crippen molar-refractivity contribution in [2.24, 2.45) is 0 Å². The van der Waals surface area contributed by atoms with Gasteiger partial charge in [0.15, 0.2) is 0 Å². The van der Waals surface area contributed by atoms with E-state index in [1.165, 1.54) is 7.05 Å². The Morgan fingerprint density at radius 2 is 1.95 bits per heavy atom. The Morgan fingerprint density at radius 1 is 1.33 bits per heavy atom. The zero-order chi connectivity index (χ0) is 16.2. The van der Waals surface area contributed by atoms with Gasteiger partial charge in [-0.15, -0.1) is 0 Å². The lowest BCUT2D eigenvalue weighted by Gasteiger charge is -2.21. The largest absolute Gasteiger partial charge is 0.396 e. The number of hydrogen-bond acceptors (Lipinski definition) is 4. The molecule has 0 spiro atoms. The van der Waals surface area contributed by atoms with Crippen molar-refractivity contribution < 1.29 is 22.0 Å². The van der Waals surface area contributed by atoms with Gasteiger partial charge < -0.3 is 11.1 Å². The van der Waals surface area contributed by atoms with Crippen LogP contribution in [0, 0.1) is 11.6 Å². The molecule has 0 aliphatic heterocycles. The fourth-order valence-electron chi connectivity index (χ4n) is 1.65. The first-order valence-electron chi connectivity index (χ1n) is 6.19. The van der Waals surface area contributed by atoms with E-state index in [2.05, 4.69) is 5.32 Å². The summed E-state index contributed by atoms with van der Waals surface area (Å²) in [5, 5.41) is 2.29. The predicted octanol–water partition coefficient (Wildman–Crippen LogP) is 0.694. The Kier molecular flexibility index (Phi) is 5.62. The van der Waals surface area contributed by atoms with E-state index in [1.54, 1.807) is 6.92 Å². The second-order valence-corrected chi connectivity index (χ2v) is 6.22. The highest BCUT2D eigenvalue weighted by atomic mass is 32.2. The molecule has 9 heteroatoms. The van der Waals surface area contributed by atoms with Crippen LogP contribution in [0.15, 0.2) is 17.0 Å². The summed E-state index contributed by atoms with van der Waals surface area (Å²) in [6.07, 6.45) is 0.425. The number of hydrogen-bond donors (Lipinski definition) is 2. The van der Waals surface area contributed by atoms with Gasteiger partial charge in [-0.25, -0.2) is 17.2 Å². The first-order valence-corrected chi connectivity index (χ1v) is 7.63. The lowest BCUT2D eigenvalue weighted by atomic mass is 10.3. The van der Waals surface area contributed by atoms with Crippen LogP contribution in [0.5, 0.6) is 0 Å². The summed E-state index contributed by atoms with van der Waals surface area (Å²) in [6, 6.07) is 1.12. The Morgan fingerprint density at radius 3 is 2.48 bits per heavy atom. The zero-order valence-corrected chi connectivity index (χ0v) is 12.5. The van der Waals surface area contributed by atoms with Crippen molar-refractivity contribution in [3.8, 4) is 0 Å². The summed E-state index contributed by atoms with van der Waals surface area (Å²) in [5.41, 5.74) is 4.80. The molecule has 0 aliphatic rings. The minimum atomic E-state index is -4.29. The van der Waals surface area contributed by atoms with Gasteiger partial charge in [-0.3, -0.25) is 4.79 Å². The van der Waals surface area contributed by atoms with E-state index in [-0.39, 0.29) is 6.54 Å². The number of amides is 1. The van der Waals surface area contributed by atoms with Crippen molar-refractivity contribution >= 4 is 21.6 Å². The minimum absolute atomic E-state index is 0.0203. The number of nitrogens with zero attached hydrogens (tertiary/aromatic N) is 1. The highest BCUT2D eigenvalue weighted by Gasteiger charge is 2.29. The summed E-state index contributed by atoms with van der Waals surface area (Å²) in [7, 11) is -2.93. The number of rotatable bonds is 6. The van der Waals surface area contributed by atoms with Crippen LogP contribution in [-0.4, -0.2) is 38.8 Å². The molecule has 0 saturated heterocycles. The number of anilines is 1. The molecule has 0 heterocycles. The first kappa shape index (κ1) is 17.3. The summed E-state index contributed by atoms with van der Waals surface area (Å²) >= 11 is 0. The molecular formula is C12H17F2N3O3S. The molecule has 1 amide bonds. The number of carbonyl (C=O) groups excluding carboxylic acids is 1. The monoisotopic (exact) mass is 321 g/mol. The molecule has 0 radical (unpaired) electrons. The normalized spacial score (nSPS) is 11.7. The number of benzene rings is 1. The van der Waals surface area contributed by atoms with E-state index < -0.39 is 44.7 Å². The Balaban J connectivity index is 3.28. The summed E-state index contributed by atoms with van der Waals surface area (Å²) in [5.74, 6) is -2.83. The van der Waals surface area contributed by atoms with Crippen LogP contribution in [0.4, 0.5) is 14.5 Å². The topological polar surface area (TPSA) is 92.5 Å². The summed E-state index contributed by atoms with van der Waals surface area (Å²) < 4.78 is 52.5. The van der Waals surface area contributed by atoms with E-state index in [0.717, 1.165) is 4.31 Å². The fourth-order valence-corrected chi connectivity index (χ4v) is 3.22. The van der Waals surface area contributed by atoms with E-state index in [1.807, 2.05) is 0 Å². The van der Waals surface area contributed by atoms with Gasteiger partial charge >= 0.3 is 0 Å². The molecule has 0 aromatic heterocycles. The third-order valence-electron chi connectivity index (χ3n) is 2.74. The van der Waals surface area contributed by atoms with Crippen LogP contribution in [-0.2, 0) is 14.8 Å². The second kappa shape index (κ2) is 6.81. The molecule has 0 fully saturated rings. The lowest BCUT2D eigenvalue weighted by Crippen LogP contribution is -2.40. The highest BCUT2D eigenvalue weighted by molar-refractivity contribution is 7.89. The van der Waals surface area contributed by atoms with Crippen molar-refractivity contribution in [2.45, 2.75) is 18.2 Å². The fraction of sp³-hybridized carbons (Fsp3) is 0.417. The molecule has 0 bridgehead atoms. The second-order valence-electron chi connectivity index (χ2n) is 4.32. The average molecular weight is 321 g/mol. The minimum Gasteiger partial charge on any atom is -0.396 e. The molecule has 118 valence electrons. The van der Waals surface area contributed by atoms with E-state index >= 15 is 0 Å². The molecule has 1 aromatic rings. The maximum atomic E-state index is 13.7. The van der Waals surface area contributed by atoms with Gasteiger partial charge in [0.05, 0.1) is 12.2 Å². The number of nitrogens with one attached hydrogen (secondary N) is 1. The number of halogens is 2. The maximum Gasteiger partial charge on any atom is 0.246 e. The molecule has 3 N–H and O–H groups in total. The van der Waals surface area contributed by atoms with Crippen LogP contribution >= 0.6 is 0 Å². The molecule has 21 heavy (non-hydrogen) atoms. The van der Waals surface area contributed by atoms with Crippen LogP contribution in [0.1, 0.15) is 13.3 Å². The number of likely N-dealkylation sites (N-methyl/N-ethyl adjacent to an activating group) is 1. The van der Waals surface area contributed by atoms with E-state index in [4.69, 9.17) is 5.73 Å². The predicted molar refractivity (Wildman–Crippen MR) is 73.9 cm³/mol. The van der Waals surface area contributed by atoms with Crippen molar-refractivity contribution in [1.82, 2.24) is 9.62 Å². The van der Waals surface area contributed by atoms with Crippen molar-refractivity contribution in [2.75, 3.05) is 25.9 Å². The van der Waals surface area contributed by atoms with Gasteiger partial charge in [0.1, 0.15) is 16.5 Å². The number of nitrogens with two attached hydrogens (primary N) is 1. The molecule has 6 nitrogen and oxygen atoms in total. The molecule has 0 aliphatic carbocycles. The van der Waals surface area contributed by atoms with Gasteiger partial charge in [0, 0.05) is 19.7 Å². The molecule has 1 rings (SSSR count). The Hall–Kier alpha value is -1.74. The Labute approximate surface area is 122 Å². The third-order valence-corrected chi connectivity index (χ3v) is 4.60. The van der Waals surface area contributed by atoms with Gasteiger partial charge in [-0.05, 0) is 12.5 Å². The van der Waals surface area contributed by atoms with Gasteiger partial charge in [0.25, 0.3) is 0 Å². The van der Waals surface area contributed by atoms with Gasteiger partial charge in [-0.1, -0.05) is 6.92 Å². The van der Waals surface area contributed by atoms with Gasteiger partial charge in [0.2, 0.25) is 15.9 Å². The van der Waals surface area contributed by atoms with Crippen LogP contribution in [0.2, 0.25) is 0 Å². The maximum absolute atomic E-state index is 13.7. The van der Waals surface area contributed by atoms with Crippen LogP contribution in [0.3, 0.4) is 0 Å². The van der Waals surface area contributed by atoms with Crippen LogP contribution in [0.25, 0.3) is 0 Å². The smallest absolute Gasteiger partial charge is 0.246 e. The molecule has 0 atom stereocenters. The quantitative estimate of drug-likeness (QED) is 0.754. The molecule has 0 saturated carbocycles. The third kappa shape index (κ3) is 3.88. The van der Waals surface area contributed by atoms with Crippen molar-refractivity contribution in [3.05, 3.63) is 23.8 Å². The van der Waals surface area contributed by atoms with Crippen molar-refractivity contribution in [3.63, 3.8) is 0 Å². The van der Waals surface area contributed by atoms with Gasteiger partial charge in [-0.2, -0.15) is 4.31 Å². The number of sulfonamides is 1. The SMILES string of the molecule is CCCN(CC(=O)NC)S(=O)(=O)c1cc(N)c(F)cc1F. The number of nitrogen functional groups attached to an aromatic ring is 1. The molecule has 1 aromatic carbocycles. The van der Waals surface area contributed by atoms with E-state index in [9.17, 15) is 22.0 Å². The summed E-state index contributed by atoms with van der Waals surface area (Å²) in [4.78, 5) is 10.6. The zero-order valence-electron chi connectivity index (χ0n) is 11.7. The Bertz CT molecular complexity index is 635. The highest BCUT2D eigenvalue weighted by Crippen LogP contribution is 2.24.